The van der Waals surface area contributed by atoms with E-state index in [1.165, 1.54) is 12.1 Å². The van der Waals surface area contributed by atoms with Gasteiger partial charge in [-0.15, -0.1) is 0 Å². The first-order valence-electron chi connectivity index (χ1n) is 4.33. The summed E-state index contributed by atoms with van der Waals surface area (Å²) < 4.78 is 13.1. The van der Waals surface area contributed by atoms with Gasteiger partial charge in [0.2, 0.25) is 0 Å². The fourth-order valence-electron chi connectivity index (χ4n) is 1.41. The van der Waals surface area contributed by atoms with Gasteiger partial charge in [-0.25, -0.2) is 4.39 Å². The van der Waals surface area contributed by atoms with Crippen molar-refractivity contribution in [2.75, 3.05) is 23.9 Å². The van der Waals surface area contributed by atoms with Crippen LogP contribution in [0.2, 0.25) is 5.02 Å². The van der Waals surface area contributed by atoms with Crippen molar-refractivity contribution in [3.63, 3.8) is 0 Å². The van der Waals surface area contributed by atoms with E-state index in [0.717, 1.165) is 13.0 Å². The zero-order valence-corrected chi connectivity index (χ0v) is 8.22. The number of nitrogens with two attached hydrogens (primary N) is 1. The zero-order valence-electron chi connectivity index (χ0n) is 7.46. The molecule has 0 aliphatic carbocycles. The van der Waals surface area contributed by atoms with Gasteiger partial charge in [-0.05, 0) is 12.5 Å². The van der Waals surface area contributed by atoms with E-state index in [-0.39, 0.29) is 5.02 Å². The number of anilines is 2. The summed E-state index contributed by atoms with van der Waals surface area (Å²) >= 11 is 5.58. The van der Waals surface area contributed by atoms with Gasteiger partial charge in [0.15, 0.2) is 0 Å². The highest BCUT2D eigenvalue weighted by Crippen LogP contribution is 2.30. The lowest BCUT2D eigenvalue weighted by molar-refractivity contribution is 0.168. The Hall–Kier alpha value is -1.00. The van der Waals surface area contributed by atoms with Gasteiger partial charge in [0.05, 0.1) is 23.0 Å². The van der Waals surface area contributed by atoms with Crippen LogP contribution in [-0.2, 0) is 4.84 Å². The Bertz CT molecular complexity index is 353. The second-order valence-electron chi connectivity index (χ2n) is 3.11. The van der Waals surface area contributed by atoms with Gasteiger partial charge in [-0.2, -0.15) is 0 Å². The first-order chi connectivity index (χ1) is 6.68. The minimum atomic E-state index is -0.480. The number of rotatable bonds is 1. The zero-order chi connectivity index (χ0) is 10.1. The van der Waals surface area contributed by atoms with Crippen LogP contribution in [-0.4, -0.2) is 13.2 Å². The Kier molecular flexibility index (Phi) is 2.48. The molecule has 1 fully saturated rings. The maximum Gasteiger partial charge on any atom is 0.144 e. The summed E-state index contributed by atoms with van der Waals surface area (Å²) in [6, 6.07) is 2.69. The molecular weight excluding hydrogens is 207 g/mol. The fraction of sp³-hybridized carbons (Fsp3) is 0.333. The van der Waals surface area contributed by atoms with Crippen molar-refractivity contribution < 1.29 is 9.23 Å². The van der Waals surface area contributed by atoms with E-state index >= 15 is 0 Å². The molecule has 1 aromatic carbocycles. The molecule has 0 saturated carbocycles. The van der Waals surface area contributed by atoms with Crippen LogP contribution in [0.1, 0.15) is 6.42 Å². The van der Waals surface area contributed by atoms with E-state index < -0.39 is 5.82 Å². The van der Waals surface area contributed by atoms with Crippen molar-refractivity contribution in [1.82, 2.24) is 0 Å². The smallest absolute Gasteiger partial charge is 0.144 e. The second-order valence-corrected chi connectivity index (χ2v) is 3.52. The predicted octanol–water partition coefficient (Wildman–Crippen LogP) is 2.20. The number of hydrogen-bond donors (Lipinski definition) is 1. The molecular formula is C9H10ClFN2O. The van der Waals surface area contributed by atoms with E-state index in [9.17, 15) is 4.39 Å². The molecule has 76 valence electrons. The molecule has 1 aliphatic rings. The van der Waals surface area contributed by atoms with Crippen LogP contribution in [0.5, 0.6) is 0 Å². The highest BCUT2D eigenvalue weighted by Gasteiger charge is 2.17. The van der Waals surface area contributed by atoms with Gasteiger partial charge in [0, 0.05) is 12.6 Å². The summed E-state index contributed by atoms with van der Waals surface area (Å²) in [5.41, 5.74) is 6.67. The number of nitrogen functional groups attached to an aromatic ring is 1. The van der Waals surface area contributed by atoms with E-state index in [1.807, 2.05) is 0 Å². The monoisotopic (exact) mass is 216 g/mol. The van der Waals surface area contributed by atoms with Crippen molar-refractivity contribution in [2.45, 2.75) is 6.42 Å². The summed E-state index contributed by atoms with van der Waals surface area (Å²) in [7, 11) is 0. The molecule has 0 atom stereocenters. The van der Waals surface area contributed by atoms with Gasteiger partial charge in [-0.1, -0.05) is 11.6 Å². The molecule has 0 aromatic heterocycles. The minimum Gasteiger partial charge on any atom is -0.397 e. The van der Waals surface area contributed by atoms with Crippen LogP contribution in [0.4, 0.5) is 15.8 Å². The Labute approximate surface area is 86.2 Å². The molecule has 3 nitrogen and oxygen atoms in total. The van der Waals surface area contributed by atoms with Crippen LogP contribution in [0.25, 0.3) is 0 Å². The van der Waals surface area contributed by atoms with E-state index in [4.69, 9.17) is 22.2 Å². The van der Waals surface area contributed by atoms with Crippen LogP contribution >= 0.6 is 11.6 Å². The third-order valence-corrected chi connectivity index (χ3v) is 2.38. The molecule has 2 N–H and O–H groups in total. The van der Waals surface area contributed by atoms with Gasteiger partial charge in [-0.3, -0.25) is 9.90 Å². The average Bonchev–Trinajstić information content (AvgIpc) is 2.64. The van der Waals surface area contributed by atoms with E-state index in [0.29, 0.717) is 18.0 Å². The second kappa shape index (κ2) is 3.63. The summed E-state index contributed by atoms with van der Waals surface area (Å²) in [6.45, 7) is 1.37. The standard InChI is InChI=1S/C9H10ClFN2O/c10-6-4-8(12)9(5-7(6)11)13-2-1-3-14-13/h4-5H,1-3,12H2. The lowest BCUT2D eigenvalue weighted by atomic mass is 10.2. The predicted molar refractivity (Wildman–Crippen MR) is 53.7 cm³/mol. The molecule has 0 radical (unpaired) electrons. The summed E-state index contributed by atoms with van der Waals surface area (Å²) in [6.07, 6.45) is 0.920. The molecule has 0 amide bonds. The largest absolute Gasteiger partial charge is 0.397 e. The van der Waals surface area contributed by atoms with Gasteiger partial charge >= 0.3 is 0 Å². The third kappa shape index (κ3) is 1.63. The summed E-state index contributed by atoms with van der Waals surface area (Å²) in [4.78, 5) is 5.26. The number of hydroxylamine groups is 1. The van der Waals surface area contributed by atoms with Crippen molar-refractivity contribution >= 4 is 23.0 Å². The number of benzene rings is 1. The van der Waals surface area contributed by atoms with Gasteiger partial charge in [0.1, 0.15) is 5.82 Å². The normalized spacial score (nSPS) is 16.3. The highest BCUT2D eigenvalue weighted by atomic mass is 35.5. The van der Waals surface area contributed by atoms with Crippen LogP contribution in [0.3, 0.4) is 0 Å². The first kappa shape index (κ1) is 9.55. The molecule has 2 rings (SSSR count). The molecule has 0 unspecified atom stereocenters. The molecule has 14 heavy (non-hydrogen) atoms. The van der Waals surface area contributed by atoms with Gasteiger partial charge < -0.3 is 5.73 Å². The lowest BCUT2D eigenvalue weighted by Gasteiger charge is -2.18. The first-order valence-corrected chi connectivity index (χ1v) is 4.71. The molecule has 1 aromatic rings. The average molecular weight is 217 g/mol. The highest BCUT2D eigenvalue weighted by molar-refractivity contribution is 6.31. The number of halogens is 2. The van der Waals surface area contributed by atoms with E-state index in [1.54, 1.807) is 5.06 Å². The van der Waals surface area contributed by atoms with E-state index in [2.05, 4.69) is 0 Å². The van der Waals surface area contributed by atoms with Crippen LogP contribution in [0, 0.1) is 5.82 Å². The topological polar surface area (TPSA) is 38.5 Å². The Morgan fingerprint density at radius 3 is 2.93 bits per heavy atom. The van der Waals surface area contributed by atoms with Crippen molar-refractivity contribution in [1.29, 1.82) is 0 Å². The Balaban J connectivity index is 2.37. The molecule has 1 aliphatic heterocycles. The maximum absolute atomic E-state index is 13.1. The summed E-state index contributed by atoms with van der Waals surface area (Å²) in [5.74, 6) is -0.480. The molecule has 1 heterocycles. The SMILES string of the molecule is Nc1cc(Cl)c(F)cc1N1CCCO1. The molecule has 5 heteroatoms. The number of hydrogen-bond acceptors (Lipinski definition) is 3. The van der Waals surface area contributed by atoms with Crippen LogP contribution < -0.4 is 10.8 Å². The Morgan fingerprint density at radius 2 is 2.29 bits per heavy atom. The summed E-state index contributed by atoms with van der Waals surface area (Å²) in [5, 5.41) is 1.62. The lowest BCUT2D eigenvalue weighted by Crippen LogP contribution is -2.17. The van der Waals surface area contributed by atoms with Crippen molar-refractivity contribution in [3.8, 4) is 0 Å². The molecule has 1 saturated heterocycles. The maximum atomic E-state index is 13.1. The molecule has 0 bridgehead atoms. The minimum absolute atomic E-state index is 0.0328. The van der Waals surface area contributed by atoms with Crippen molar-refractivity contribution in [2.24, 2.45) is 0 Å². The molecule has 0 spiro atoms. The fourth-order valence-corrected chi connectivity index (χ4v) is 1.58. The van der Waals surface area contributed by atoms with Crippen LogP contribution in [0.15, 0.2) is 12.1 Å². The Morgan fingerprint density at radius 1 is 1.50 bits per heavy atom. The van der Waals surface area contributed by atoms with Crippen molar-refractivity contribution in [3.05, 3.63) is 23.0 Å². The number of nitrogens with zero attached hydrogens (tertiary/aromatic N) is 1. The quantitative estimate of drug-likeness (QED) is 0.732. The third-order valence-electron chi connectivity index (χ3n) is 2.09. The van der Waals surface area contributed by atoms with Gasteiger partial charge in [0.25, 0.3) is 0 Å².